The molecule has 0 aliphatic rings. The van der Waals surface area contributed by atoms with Crippen LogP contribution in [0.5, 0.6) is 0 Å². The van der Waals surface area contributed by atoms with E-state index in [1.807, 2.05) is 32.9 Å². The Morgan fingerprint density at radius 3 is 2.57 bits per heavy atom. The van der Waals surface area contributed by atoms with E-state index in [-0.39, 0.29) is 12.5 Å². The zero-order valence-corrected chi connectivity index (χ0v) is 14.0. The molecule has 0 aliphatic carbocycles. The first-order chi connectivity index (χ1) is 9.81. The molecule has 0 bridgehead atoms. The number of benzene rings is 1. The van der Waals surface area contributed by atoms with Crippen molar-refractivity contribution < 1.29 is 14.7 Å². The number of hydrogen-bond acceptors (Lipinski definition) is 2. The summed E-state index contributed by atoms with van der Waals surface area (Å²) in [5, 5.41) is 14.5. The third-order valence-corrected chi connectivity index (χ3v) is 3.99. The maximum absolute atomic E-state index is 11.9. The minimum atomic E-state index is -0.886. The largest absolute Gasteiger partial charge is 0.481 e. The van der Waals surface area contributed by atoms with E-state index in [1.54, 1.807) is 6.07 Å². The molecule has 3 N–H and O–H groups in total. The van der Waals surface area contributed by atoms with Gasteiger partial charge in [0.1, 0.15) is 0 Å². The molecule has 21 heavy (non-hydrogen) atoms. The fraction of sp³-hybridized carbons (Fsp3) is 0.467. The maximum atomic E-state index is 11.9. The molecule has 1 unspecified atom stereocenters. The van der Waals surface area contributed by atoms with Gasteiger partial charge in [0.2, 0.25) is 0 Å². The summed E-state index contributed by atoms with van der Waals surface area (Å²) in [6.07, 6.45) is 0.533. The molecule has 0 saturated heterocycles. The Labute approximate surface area is 133 Å². The maximum Gasteiger partial charge on any atom is 0.319 e. The van der Waals surface area contributed by atoms with Crippen LogP contribution in [-0.4, -0.2) is 23.7 Å². The van der Waals surface area contributed by atoms with Gasteiger partial charge >= 0.3 is 12.0 Å². The van der Waals surface area contributed by atoms with E-state index in [9.17, 15) is 9.59 Å². The van der Waals surface area contributed by atoms with Crippen molar-refractivity contribution >= 4 is 33.6 Å². The average molecular weight is 357 g/mol. The van der Waals surface area contributed by atoms with Crippen molar-refractivity contribution in [3.8, 4) is 0 Å². The summed E-state index contributed by atoms with van der Waals surface area (Å²) in [6, 6.07) is 5.11. The molecule has 6 heteroatoms. The number of hydrogen-bond donors (Lipinski definition) is 3. The van der Waals surface area contributed by atoms with E-state index >= 15 is 0 Å². The predicted octanol–water partition coefficient (Wildman–Crippen LogP) is 3.63. The number of carboxylic acid groups (broad SMARTS) is 1. The summed E-state index contributed by atoms with van der Waals surface area (Å²) in [5.74, 6) is -1.19. The van der Waals surface area contributed by atoms with Crippen LogP contribution in [0.3, 0.4) is 0 Å². The number of carboxylic acids is 1. The van der Waals surface area contributed by atoms with E-state index in [4.69, 9.17) is 5.11 Å². The van der Waals surface area contributed by atoms with Crippen LogP contribution < -0.4 is 10.6 Å². The van der Waals surface area contributed by atoms with Gasteiger partial charge in [-0.1, -0.05) is 35.8 Å². The molecule has 0 fully saturated rings. The highest BCUT2D eigenvalue weighted by atomic mass is 79.9. The third-order valence-electron chi connectivity index (χ3n) is 3.13. The molecule has 0 spiro atoms. The monoisotopic (exact) mass is 356 g/mol. The lowest BCUT2D eigenvalue weighted by Crippen LogP contribution is -2.36. The van der Waals surface area contributed by atoms with Crippen molar-refractivity contribution in [1.29, 1.82) is 0 Å². The second kappa shape index (κ2) is 8.02. The van der Waals surface area contributed by atoms with Crippen LogP contribution >= 0.6 is 15.9 Å². The Morgan fingerprint density at radius 1 is 1.33 bits per heavy atom. The summed E-state index contributed by atoms with van der Waals surface area (Å²) in [7, 11) is 0. The number of amides is 2. The SMILES string of the molecule is Cc1c(Br)cccc1NC(=O)NCC(CC(C)C)C(=O)O. The number of rotatable bonds is 6. The minimum absolute atomic E-state index is 0.117. The van der Waals surface area contributed by atoms with Crippen LogP contribution in [0.4, 0.5) is 10.5 Å². The molecule has 1 rings (SSSR count). The highest BCUT2D eigenvalue weighted by molar-refractivity contribution is 9.10. The molecular formula is C15H21BrN2O3. The zero-order chi connectivity index (χ0) is 16.0. The normalized spacial score (nSPS) is 12.0. The van der Waals surface area contributed by atoms with Gasteiger partial charge in [-0.05, 0) is 37.0 Å². The Kier molecular flexibility index (Phi) is 6.68. The minimum Gasteiger partial charge on any atom is -0.481 e. The van der Waals surface area contributed by atoms with Gasteiger partial charge in [0.05, 0.1) is 5.92 Å². The number of aliphatic carboxylic acids is 1. The number of carbonyl (C=O) groups excluding carboxylic acids is 1. The van der Waals surface area contributed by atoms with E-state index < -0.39 is 17.9 Å². The molecule has 5 nitrogen and oxygen atoms in total. The second-order valence-corrected chi connectivity index (χ2v) is 6.27. The Morgan fingerprint density at radius 2 is 2.00 bits per heavy atom. The topological polar surface area (TPSA) is 78.4 Å². The molecule has 1 atom stereocenters. The zero-order valence-electron chi connectivity index (χ0n) is 12.4. The van der Waals surface area contributed by atoms with Crippen LogP contribution in [0, 0.1) is 18.8 Å². The van der Waals surface area contributed by atoms with Crippen LogP contribution in [0.2, 0.25) is 0 Å². The molecule has 1 aromatic carbocycles. The standard InChI is InChI=1S/C15H21BrN2O3/c1-9(2)7-11(14(19)20)8-17-15(21)18-13-6-4-5-12(16)10(13)3/h4-6,9,11H,7-8H2,1-3H3,(H,19,20)(H2,17,18,21). The second-order valence-electron chi connectivity index (χ2n) is 5.41. The molecule has 0 radical (unpaired) electrons. The molecule has 1 aromatic rings. The lowest BCUT2D eigenvalue weighted by molar-refractivity contribution is -0.142. The van der Waals surface area contributed by atoms with Gasteiger partial charge in [-0.2, -0.15) is 0 Å². The number of carbonyl (C=O) groups is 2. The quantitative estimate of drug-likeness (QED) is 0.728. The summed E-state index contributed by atoms with van der Waals surface area (Å²) < 4.78 is 0.906. The van der Waals surface area contributed by atoms with Gasteiger partial charge in [-0.15, -0.1) is 0 Å². The van der Waals surface area contributed by atoms with E-state index in [1.165, 1.54) is 0 Å². The van der Waals surface area contributed by atoms with Gasteiger partial charge in [0.15, 0.2) is 0 Å². The smallest absolute Gasteiger partial charge is 0.319 e. The molecule has 0 aromatic heterocycles. The van der Waals surface area contributed by atoms with E-state index in [0.29, 0.717) is 12.1 Å². The average Bonchev–Trinajstić information content (AvgIpc) is 2.39. The van der Waals surface area contributed by atoms with Crippen LogP contribution in [0.1, 0.15) is 25.8 Å². The Balaban J connectivity index is 2.57. The van der Waals surface area contributed by atoms with Crippen molar-refractivity contribution in [1.82, 2.24) is 5.32 Å². The van der Waals surface area contributed by atoms with Crippen molar-refractivity contribution in [2.45, 2.75) is 27.2 Å². The molecule has 116 valence electrons. The molecule has 0 heterocycles. The highest BCUT2D eigenvalue weighted by Crippen LogP contribution is 2.23. The summed E-state index contributed by atoms with van der Waals surface area (Å²) >= 11 is 3.39. The number of urea groups is 1. The van der Waals surface area contributed by atoms with Crippen LogP contribution in [0.25, 0.3) is 0 Å². The number of anilines is 1. The predicted molar refractivity (Wildman–Crippen MR) is 86.5 cm³/mol. The van der Waals surface area contributed by atoms with Gasteiger partial charge in [0.25, 0.3) is 0 Å². The van der Waals surface area contributed by atoms with Gasteiger partial charge in [0, 0.05) is 16.7 Å². The number of nitrogens with one attached hydrogen (secondary N) is 2. The van der Waals surface area contributed by atoms with Gasteiger partial charge in [-0.3, -0.25) is 4.79 Å². The van der Waals surface area contributed by atoms with E-state index in [2.05, 4.69) is 26.6 Å². The van der Waals surface area contributed by atoms with Crippen molar-refractivity contribution in [3.63, 3.8) is 0 Å². The molecule has 0 aliphatic heterocycles. The Hall–Kier alpha value is -1.56. The van der Waals surface area contributed by atoms with Gasteiger partial charge in [-0.25, -0.2) is 4.79 Å². The highest BCUT2D eigenvalue weighted by Gasteiger charge is 2.19. The van der Waals surface area contributed by atoms with Gasteiger partial charge < -0.3 is 15.7 Å². The van der Waals surface area contributed by atoms with E-state index in [0.717, 1.165) is 10.0 Å². The first-order valence-electron chi connectivity index (χ1n) is 6.84. The fourth-order valence-corrected chi connectivity index (χ4v) is 2.33. The summed E-state index contributed by atoms with van der Waals surface area (Å²) in [6.45, 7) is 5.92. The summed E-state index contributed by atoms with van der Waals surface area (Å²) in [5.41, 5.74) is 1.61. The first kappa shape index (κ1) is 17.5. The van der Waals surface area contributed by atoms with Crippen molar-refractivity contribution in [2.75, 3.05) is 11.9 Å². The third kappa shape index (κ3) is 5.75. The number of halogens is 1. The molecular weight excluding hydrogens is 336 g/mol. The van der Waals surface area contributed by atoms with Crippen LogP contribution in [0.15, 0.2) is 22.7 Å². The Bertz CT molecular complexity index is 518. The van der Waals surface area contributed by atoms with Crippen molar-refractivity contribution in [3.05, 3.63) is 28.2 Å². The first-order valence-corrected chi connectivity index (χ1v) is 7.63. The lowest BCUT2D eigenvalue weighted by Gasteiger charge is -2.16. The summed E-state index contributed by atoms with van der Waals surface area (Å²) in [4.78, 5) is 23.0. The lowest BCUT2D eigenvalue weighted by atomic mass is 9.97. The molecule has 2 amide bonds. The molecule has 0 saturated carbocycles. The fourth-order valence-electron chi connectivity index (χ4n) is 1.97. The van der Waals surface area contributed by atoms with Crippen molar-refractivity contribution in [2.24, 2.45) is 11.8 Å². The van der Waals surface area contributed by atoms with Crippen LogP contribution in [-0.2, 0) is 4.79 Å².